The van der Waals surface area contributed by atoms with Crippen molar-refractivity contribution in [2.75, 3.05) is 0 Å². The van der Waals surface area contributed by atoms with Crippen LogP contribution >= 0.6 is 0 Å². The van der Waals surface area contributed by atoms with Gasteiger partial charge >= 0.3 is 5.97 Å². The first-order valence-electron chi connectivity index (χ1n) is 11.6. The Morgan fingerprint density at radius 1 is 1.03 bits per heavy atom. The summed E-state index contributed by atoms with van der Waals surface area (Å²) in [4.78, 5) is 11.1. The van der Waals surface area contributed by atoms with Crippen molar-refractivity contribution in [2.45, 2.75) is 70.8 Å². The predicted octanol–water partition coefficient (Wildman–Crippen LogP) is 5.52. The van der Waals surface area contributed by atoms with Crippen LogP contribution < -0.4 is 0 Å². The van der Waals surface area contributed by atoms with E-state index in [2.05, 4.69) is 67.5 Å². The Morgan fingerprint density at radius 2 is 1.70 bits per heavy atom. The number of hydrogen-bond acceptors (Lipinski definition) is 4. The number of carboxylic acid groups (broad SMARTS) is 1. The quantitative estimate of drug-likeness (QED) is 0.485. The molecule has 0 saturated carbocycles. The molecule has 33 heavy (non-hydrogen) atoms. The number of hydrogen-bond donors (Lipinski definition) is 1. The van der Waals surface area contributed by atoms with Gasteiger partial charge < -0.3 is 5.11 Å². The minimum atomic E-state index is -0.907. The van der Waals surface area contributed by atoms with E-state index in [-0.39, 0.29) is 10.8 Å². The minimum absolute atomic E-state index is 0.140. The monoisotopic (exact) mass is 444 g/mol. The summed E-state index contributed by atoms with van der Waals surface area (Å²) in [6.07, 6.45) is 10.1. The topological polar surface area (TPSA) is 80.9 Å². The lowest BCUT2D eigenvalue weighted by Crippen LogP contribution is -2.34. The van der Waals surface area contributed by atoms with Crippen molar-refractivity contribution in [3.05, 3.63) is 76.1 Å². The standard InChI is InChI=1S/C27H32N4O2/c1-26(2)13-14-27(3,4)24-17-22(12-9-19-7-10-20(11-8-19)25(32)33)21(16-23(24)26)6-5-15-31-18-28-29-30-31/h7-12,16-18H,5-6,13-15H2,1-4H3,(H,32,33)/b12-9+. The normalized spacial score (nSPS) is 16.6. The zero-order valence-corrected chi connectivity index (χ0v) is 19.9. The maximum Gasteiger partial charge on any atom is 0.335 e. The highest BCUT2D eigenvalue weighted by Gasteiger charge is 2.37. The van der Waals surface area contributed by atoms with Crippen LogP contribution in [0.2, 0.25) is 0 Å². The van der Waals surface area contributed by atoms with Crippen LogP contribution in [-0.2, 0) is 23.8 Å². The second kappa shape index (κ2) is 8.93. The molecule has 0 bridgehead atoms. The van der Waals surface area contributed by atoms with Crippen LogP contribution in [0.4, 0.5) is 0 Å². The van der Waals surface area contributed by atoms with E-state index >= 15 is 0 Å². The maximum atomic E-state index is 11.1. The molecule has 3 aromatic rings. The Labute approximate surface area is 195 Å². The summed E-state index contributed by atoms with van der Waals surface area (Å²) in [6.45, 7) is 10.2. The van der Waals surface area contributed by atoms with Gasteiger partial charge in [-0.2, -0.15) is 0 Å². The molecule has 1 aliphatic rings. The van der Waals surface area contributed by atoms with Gasteiger partial charge in [0.2, 0.25) is 0 Å². The number of aryl methyl sites for hydroxylation is 2. The molecule has 0 saturated heterocycles. The molecule has 172 valence electrons. The molecule has 1 heterocycles. The molecule has 4 rings (SSSR count). The number of carboxylic acids is 1. The summed E-state index contributed by atoms with van der Waals surface area (Å²) in [5.41, 5.74) is 7.02. The smallest absolute Gasteiger partial charge is 0.335 e. The molecule has 0 radical (unpaired) electrons. The summed E-state index contributed by atoms with van der Waals surface area (Å²) in [6, 6.07) is 11.8. The molecule has 2 aromatic carbocycles. The Morgan fingerprint density at radius 3 is 2.30 bits per heavy atom. The van der Waals surface area contributed by atoms with Crippen LogP contribution in [0.5, 0.6) is 0 Å². The highest BCUT2D eigenvalue weighted by molar-refractivity contribution is 5.88. The fourth-order valence-electron chi connectivity index (χ4n) is 4.68. The summed E-state index contributed by atoms with van der Waals surface area (Å²) in [7, 11) is 0. The van der Waals surface area contributed by atoms with Crippen LogP contribution in [-0.4, -0.2) is 31.3 Å². The number of benzene rings is 2. The number of tetrazole rings is 1. The van der Waals surface area contributed by atoms with Gasteiger partial charge in [0.15, 0.2) is 0 Å². The second-order valence-electron chi connectivity index (χ2n) is 10.3. The third kappa shape index (κ3) is 5.05. The molecule has 0 aliphatic heterocycles. The molecule has 0 amide bonds. The molecule has 0 atom stereocenters. The number of carbonyl (C=O) groups is 1. The lowest BCUT2D eigenvalue weighted by Gasteiger charge is -2.42. The average Bonchev–Trinajstić information content (AvgIpc) is 3.29. The van der Waals surface area contributed by atoms with Crippen LogP contribution in [0.3, 0.4) is 0 Å². The van der Waals surface area contributed by atoms with Gasteiger partial charge in [-0.25, -0.2) is 9.48 Å². The van der Waals surface area contributed by atoms with Gasteiger partial charge in [0.25, 0.3) is 0 Å². The number of rotatable bonds is 7. The summed E-state index contributed by atoms with van der Waals surface area (Å²) in [5.74, 6) is -0.907. The van der Waals surface area contributed by atoms with Crippen LogP contribution in [0.15, 0.2) is 42.7 Å². The average molecular weight is 445 g/mol. The van der Waals surface area contributed by atoms with Crippen molar-refractivity contribution >= 4 is 18.1 Å². The number of aromatic nitrogens is 4. The molecule has 6 nitrogen and oxygen atoms in total. The number of nitrogens with zero attached hydrogens (tertiary/aromatic N) is 4. The third-order valence-electron chi connectivity index (χ3n) is 6.95. The Hall–Kier alpha value is -3.28. The van der Waals surface area contributed by atoms with E-state index in [1.165, 1.54) is 35.1 Å². The van der Waals surface area contributed by atoms with Gasteiger partial charge in [-0.15, -0.1) is 5.10 Å². The molecule has 0 spiro atoms. The van der Waals surface area contributed by atoms with E-state index in [1.807, 2.05) is 12.1 Å². The Balaban J connectivity index is 1.68. The molecule has 0 unspecified atom stereocenters. The molecule has 0 fully saturated rings. The molecular weight excluding hydrogens is 412 g/mol. The van der Waals surface area contributed by atoms with Crippen molar-refractivity contribution in [3.63, 3.8) is 0 Å². The van der Waals surface area contributed by atoms with E-state index in [9.17, 15) is 4.79 Å². The van der Waals surface area contributed by atoms with Crippen molar-refractivity contribution < 1.29 is 9.90 Å². The van der Waals surface area contributed by atoms with Crippen LogP contribution in [0, 0.1) is 0 Å². The Kier molecular flexibility index (Phi) is 6.19. The van der Waals surface area contributed by atoms with Crippen molar-refractivity contribution in [1.29, 1.82) is 0 Å². The van der Waals surface area contributed by atoms with Crippen LogP contribution in [0.25, 0.3) is 12.2 Å². The lowest BCUT2D eigenvalue weighted by atomic mass is 9.62. The molecular formula is C27H32N4O2. The van der Waals surface area contributed by atoms with Crippen molar-refractivity contribution in [2.24, 2.45) is 0 Å². The number of fused-ring (bicyclic) bond motifs is 1. The van der Waals surface area contributed by atoms with E-state index in [0.717, 1.165) is 24.9 Å². The first-order chi connectivity index (χ1) is 15.7. The first kappa shape index (κ1) is 22.9. The number of aromatic carboxylic acids is 1. The summed E-state index contributed by atoms with van der Waals surface area (Å²) in [5, 5.41) is 20.6. The van der Waals surface area contributed by atoms with E-state index in [1.54, 1.807) is 23.1 Å². The molecule has 1 N–H and O–H groups in total. The van der Waals surface area contributed by atoms with Gasteiger partial charge in [-0.3, -0.25) is 0 Å². The fourth-order valence-corrected chi connectivity index (χ4v) is 4.68. The fraction of sp³-hybridized carbons (Fsp3) is 0.407. The first-order valence-corrected chi connectivity index (χ1v) is 11.6. The SMILES string of the molecule is CC1(C)CCC(C)(C)c2cc(CCCn3cnnn3)c(/C=C/c3ccc(C(=O)O)cc3)cc21. The highest BCUT2D eigenvalue weighted by Crippen LogP contribution is 2.46. The molecule has 6 heteroatoms. The molecule has 1 aliphatic carbocycles. The van der Waals surface area contributed by atoms with E-state index in [0.29, 0.717) is 5.56 Å². The highest BCUT2D eigenvalue weighted by atomic mass is 16.4. The van der Waals surface area contributed by atoms with E-state index in [4.69, 9.17) is 5.11 Å². The van der Waals surface area contributed by atoms with Crippen molar-refractivity contribution in [1.82, 2.24) is 20.2 Å². The zero-order valence-electron chi connectivity index (χ0n) is 19.9. The summed E-state index contributed by atoms with van der Waals surface area (Å²) < 4.78 is 1.77. The lowest BCUT2D eigenvalue weighted by molar-refractivity contribution is 0.0697. The van der Waals surface area contributed by atoms with Gasteiger partial charge in [-0.1, -0.05) is 64.1 Å². The predicted molar refractivity (Wildman–Crippen MR) is 130 cm³/mol. The van der Waals surface area contributed by atoms with Crippen molar-refractivity contribution in [3.8, 4) is 0 Å². The molecule has 1 aromatic heterocycles. The Bertz CT molecular complexity index is 1160. The van der Waals surface area contributed by atoms with Gasteiger partial charge in [-0.05, 0) is 86.9 Å². The van der Waals surface area contributed by atoms with Gasteiger partial charge in [0.05, 0.1) is 5.56 Å². The van der Waals surface area contributed by atoms with Crippen LogP contribution in [0.1, 0.15) is 85.1 Å². The maximum absolute atomic E-state index is 11.1. The second-order valence-corrected chi connectivity index (χ2v) is 10.3. The van der Waals surface area contributed by atoms with Gasteiger partial charge in [0, 0.05) is 6.54 Å². The third-order valence-corrected chi connectivity index (χ3v) is 6.95. The largest absolute Gasteiger partial charge is 0.478 e. The summed E-state index contributed by atoms with van der Waals surface area (Å²) >= 11 is 0. The minimum Gasteiger partial charge on any atom is -0.478 e. The zero-order chi connectivity index (χ0) is 23.6. The van der Waals surface area contributed by atoms with Gasteiger partial charge in [0.1, 0.15) is 6.33 Å². The van der Waals surface area contributed by atoms with E-state index < -0.39 is 5.97 Å².